The van der Waals surface area contributed by atoms with Crippen molar-refractivity contribution in [3.8, 4) is 0 Å². The highest BCUT2D eigenvalue weighted by molar-refractivity contribution is 6.07. The molecular formula is C20H23N3O2. The first kappa shape index (κ1) is 16.1. The van der Waals surface area contributed by atoms with Crippen LogP contribution in [0.1, 0.15) is 0 Å². The number of hydrogen-bond donors (Lipinski definition) is 1. The zero-order valence-corrected chi connectivity index (χ0v) is 14.2. The van der Waals surface area contributed by atoms with Crippen molar-refractivity contribution in [2.75, 3.05) is 32.7 Å². The van der Waals surface area contributed by atoms with Crippen LogP contribution in [-0.2, 0) is 11.3 Å². The van der Waals surface area contributed by atoms with E-state index in [9.17, 15) is 9.90 Å². The van der Waals surface area contributed by atoms with Gasteiger partial charge in [-0.05, 0) is 12.1 Å². The van der Waals surface area contributed by atoms with Crippen molar-refractivity contribution in [3.05, 3.63) is 48.5 Å². The summed E-state index contributed by atoms with van der Waals surface area (Å²) in [6, 6.07) is 16.7. The molecule has 1 aromatic heterocycles. The molecule has 130 valence electrons. The number of aromatic nitrogens is 1. The summed E-state index contributed by atoms with van der Waals surface area (Å²) in [5.74, 6) is 0. The molecule has 1 N–H and O–H groups in total. The Morgan fingerprint density at radius 3 is 2.00 bits per heavy atom. The fraction of sp³-hybridized carbons (Fsp3) is 0.350. The quantitative estimate of drug-likeness (QED) is 0.724. The van der Waals surface area contributed by atoms with Crippen LogP contribution in [-0.4, -0.2) is 64.7 Å². The van der Waals surface area contributed by atoms with E-state index in [1.54, 1.807) is 4.90 Å². The Labute approximate surface area is 147 Å². The smallest absolute Gasteiger partial charge is 0.209 e. The lowest BCUT2D eigenvalue weighted by molar-refractivity contribution is -0.119. The molecule has 5 heteroatoms. The molecule has 25 heavy (non-hydrogen) atoms. The maximum atomic E-state index is 10.8. The summed E-state index contributed by atoms with van der Waals surface area (Å²) in [5, 5.41) is 13.1. The molecule has 0 bridgehead atoms. The molecule has 1 aliphatic heterocycles. The number of β-amino-alcohol motifs (C(OH)–C–C–N with tert-alkyl or cyclic N) is 1. The number of benzene rings is 2. The third-order valence-electron chi connectivity index (χ3n) is 5.10. The minimum Gasteiger partial charge on any atom is -0.390 e. The van der Waals surface area contributed by atoms with Gasteiger partial charge < -0.3 is 14.6 Å². The van der Waals surface area contributed by atoms with Gasteiger partial charge in [0.2, 0.25) is 6.41 Å². The summed E-state index contributed by atoms with van der Waals surface area (Å²) in [7, 11) is 0. The standard InChI is InChI=1S/C20H23N3O2/c24-15-22-11-9-21(10-12-22)13-16(25)14-23-19-7-3-1-5-17(19)18-6-2-4-8-20(18)23/h1-8,15-16,25H,9-14H2/t16-/m0/s1. The highest BCUT2D eigenvalue weighted by atomic mass is 16.3. The molecule has 1 amide bonds. The molecule has 0 saturated carbocycles. The maximum Gasteiger partial charge on any atom is 0.209 e. The molecule has 1 fully saturated rings. The van der Waals surface area contributed by atoms with E-state index in [1.165, 1.54) is 10.8 Å². The summed E-state index contributed by atoms with van der Waals surface area (Å²) in [6.07, 6.45) is 0.466. The second-order valence-corrected chi connectivity index (χ2v) is 6.74. The molecule has 0 unspecified atom stereocenters. The number of aliphatic hydroxyl groups is 1. The van der Waals surface area contributed by atoms with Crippen LogP contribution in [0.5, 0.6) is 0 Å². The van der Waals surface area contributed by atoms with Crippen molar-refractivity contribution >= 4 is 28.2 Å². The van der Waals surface area contributed by atoms with Gasteiger partial charge in [-0.2, -0.15) is 0 Å². The van der Waals surface area contributed by atoms with E-state index < -0.39 is 6.10 Å². The van der Waals surface area contributed by atoms with Gasteiger partial charge >= 0.3 is 0 Å². The molecule has 5 nitrogen and oxygen atoms in total. The Balaban J connectivity index is 1.54. The lowest BCUT2D eigenvalue weighted by atomic mass is 10.2. The zero-order valence-electron chi connectivity index (χ0n) is 14.2. The van der Waals surface area contributed by atoms with Crippen LogP contribution in [0.2, 0.25) is 0 Å². The van der Waals surface area contributed by atoms with Gasteiger partial charge in [0.1, 0.15) is 0 Å². The molecule has 3 aromatic rings. The summed E-state index contributed by atoms with van der Waals surface area (Å²) in [6.45, 7) is 4.33. The largest absolute Gasteiger partial charge is 0.390 e. The maximum absolute atomic E-state index is 10.8. The molecule has 2 aromatic carbocycles. The van der Waals surface area contributed by atoms with Crippen molar-refractivity contribution < 1.29 is 9.90 Å². The van der Waals surface area contributed by atoms with E-state index in [0.717, 1.165) is 43.6 Å². The molecule has 2 heterocycles. The van der Waals surface area contributed by atoms with Gasteiger partial charge in [-0.3, -0.25) is 9.69 Å². The first-order chi connectivity index (χ1) is 12.3. The Bertz CT molecular complexity index is 828. The van der Waals surface area contributed by atoms with E-state index in [0.29, 0.717) is 13.1 Å². The molecular weight excluding hydrogens is 314 g/mol. The first-order valence-corrected chi connectivity index (χ1v) is 8.82. The number of fused-ring (bicyclic) bond motifs is 3. The van der Waals surface area contributed by atoms with Gasteiger partial charge in [-0.25, -0.2) is 0 Å². The molecule has 1 atom stereocenters. The number of amides is 1. The zero-order chi connectivity index (χ0) is 17.2. The number of para-hydroxylation sites is 2. The highest BCUT2D eigenvalue weighted by Gasteiger charge is 2.19. The van der Waals surface area contributed by atoms with E-state index >= 15 is 0 Å². The van der Waals surface area contributed by atoms with Gasteiger partial charge in [0, 0.05) is 54.5 Å². The Kier molecular flexibility index (Phi) is 4.42. The number of carbonyl (C=O) groups excluding carboxylic acids is 1. The van der Waals surface area contributed by atoms with Crippen molar-refractivity contribution in [1.29, 1.82) is 0 Å². The number of rotatable bonds is 5. The van der Waals surface area contributed by atoms with Gasteiger partial charge in [0.15, 0.2) is 0 Å². The predicted octanol–water partition coefficient (Wildman–Crippen LogP) is 1.93. The van der Waals surface area contributed by atoms with E-state index in [4.69, 9.17) is 0 Å². The average molecular weight is 337 g/mol. The second-order valence-electron chi connectivity index (χ2n) is 6.74. The van der Waals surface area contributed by atoms with Crippen molar-refractivity contribution in [3.63, 3.8) is 0 Å². The van der Waals surface area contributed by atoms with Crippen LogP contribution in [0, 0.1) is 0 Å². The fourth-order valence-electron chi connectivity index (χ4n) is 3.82. The van der Waals surface area contributed by atoms with Crippen molar-refractivity contribution in [2.45, 2.75) is 12.6 Å². The molecule has 0 spiro atoms. The number of nitrogens with zero attached hydrogens (tertiary/aromatic N) is 3. The first-order valence-electron chi connectivity index (χ1n) is 8.82. The second kappa shape index (κ2) is 6.86. The minimum absolute atomic E-state index is 0.443. The Morgan fingerprint density at radius 1 is 0.880 bits per heavy atom. The summed E-state index contributed by atoms with van der Waals surface area (Å²) >= 11 is 0. The fourth-order valence-corrected chi connectivity index (χ4v) is 3.82. The van der Waals surface area contributed by atoms with Crippen molar-refractivity contribution in [1.82, 2.24) is 14.4 Å². The van der Waals surface area contributed by atoms with Gasteiger partial charge in [-0.1, -0.05) is 36.4 Å². The van der Waals surface area contributed by atoms with E-state index in [-0.39, 0.29) is 0 Å². The number of hydrogen-bond acceptors (Lipinski definition) is 3. The number of piperazine rings is 1. The number of carbonyl (C=O) groups is 1. The third kappa shape index (κ3) is 3.13. The Hall–Kier alpha value is -2.37. The lowest BCUT2D eigenvalue weighted by Gasteiger charge is -2.33. The van der Waals surface area contributed by atoms with E-state index in [1.807, 2.05) is 12.1 Å². The van der Waals surface area contributed by atoms with Crippen LogP contribution in [0.15, 0.2) is 48.5 Å². The van der Waals surface area contributed by atoms with Gasteiger partial charge in [0.25, 0.3) is 0 Å². The lowest BCUT2D eigenvalue weighted by Crippen LogP contribution is -2.48. The molecule has 4 rings (SSSR count). The molecule has 1 aliphatic rings. The normalized spacial score (nSPS) is 17.2. The van der Waals surface area contributed by atoms with Crippen LogP contribution in [0.25, 0.3) is 21.8 Å². The third-order valence-corrected chi connectivity index (χ3v) is 5.10. The molecule has 0 aliphatic carbocycles. The number of aliphatic hydroxyl groups excluding tert-OH is 1. The van der Waals surface area contributed by atoms with Gasteiger partial charge in [0.05, 0.1) is 12.6 Å². The Morgan fingerprint density at radius 2 is 1.44 bits per heavy atom. The summed E-state index contributed by atoms with van der Waals surface area (Å²) in [5.41, 5.74) is 2.32. The molecule has 0 radical (unpaired) electrons. The minimum atomic E-state index is -0.443. The highest BCUT2D eigenvalue weighted by Crippen LogP contribution is 2.28. The van der Waals surface area contributed by atoms with Crippen LogP contribution in [0.4, 0.5) is 0 Å². The SMILES string of the molecule is O=CN1CCN(C[C@H](O)Cn2c3ccccc3c3ccccc32)CC1. The summed E-state index contributed by atoms with van der Waals surface area (Å²) in [4.78, 5) is 14.8. The van der Waals surface area contributed by atoms with Crippen LogP contribution in [0.3, 0.4) is 0 Å². The predicted molar refractivity (Wildman–Crippen MR) is 99.5 cm³/mol. The van der Waals surface area contributed by atoms with Crippen LogP contribution >= 0.6 is 0 Å². The van der Waals surface area contributed by atoms with E-state index in [2.05, 4.69) is 45.9 Å². The average Bonchev–Trinajstić information content (AvgIpc) is 2.97. The van der Waals surface area contributed by atoms with Gasteiger partial charge in [-0.15, -0.1) is 0 Å². The molecule has 1 saturated heterocycles. The van der Waals surface area contributed by atoms with Crippen LogP contribution < -0.4 is 0 Å². The topological polar surface area (TPSA) is 48.7 Å². The summed E-state index contributed by atoms with van der Waals surface area (Å²) < 4.78 is 2.22. The van der Waals surface area contributed by atoms with Crippen molar-refractivity contribution in [2.24, 2.45) is 0 Å². The monoisotopic (exact) mass is 337 g/mol.